The van der Waals surface area contributed by atoms with Crippen LogP contribution in [0, 0.1) is 16.0 Å². The Kier molecular flexibility index (Phi) is 5.69. The topological polar surface area (TPSA) is 81.5 Å². The van der Waals surface area contributed by atoms with Crippen LogP contribution >= 0.6 is 11.3 Å². The zero-order chi connectivity index (χ0) is 15.2. The Bertz CT molecular complexity index is 495. The molecule has 1 heterocycles. The van der Waals surface area contributed by atoms with Gasteiger partial charge in [-0.25, -0.2) is 0 Å². The summed E-state index contributed by atoms with van der Waals surface area (Å²) >= 11 is 1.21. The van der Waals surface area contributed by atoms with E-state index in [1.807, 2.05) is 6.92 Å². The highest BCUT2D eigenvalue weighted by Crippen LogP contribution is 2.27. The zero-order valence-corrected chi connectivity index (χ0v) is 12.9. The van der Waals surface area contributed by atoms with E-state index in [9.17, 15) is 14.9 Å². The van der Waals surface area contributed by atoms with Crippen molar-refractivity contribution in [2.24, 2.45) is 5.92 Å². The van der Waals surface area contributed by atoms with Crippen molar-refractivity contribution in [2.75, 3.05) is 6.61 Å². The monoisotopic (exact) mass is 312 g/mol. The van der Waals surface area contributed by atoms with Gasteiger partial charge in [-0.3, -0.25) is 14.9 Å². The van der Waals surface area contributed by atoms with E-state index in [-0.39, 0.29) is 21.8 Å². The molecular weight excluding hydrogens is 292 g/mol. The van der Waals surface area contributed by atoms with Gasteiger partial charge < -0.3 is 10.1 Å². The highest BCUT2D eigenvalue weighted by Gasteiger charge is 2.27. The maximum Gasteiger partial charge on any atom is 0.324 e. The molecule has 0 atom stereocenters. The van der Waals surface area contributed by atoms with Crippen LogP contribution in [-0.4, -0.2) is 23.5 Å². The molecule has 0 unspecified atom stereocenters. The van der Waals surface area contributed by atoms with Gasteiger partial charge in [0.25, 0.3) is 0 Å². The molecule has 116 valence electrons. The first-order valence-electron chi connectivity index (χ1n) is 7.23. The summed E-state index contributed by atoms with van der Waals surface area (Å²) < 4.78 is 5.05. The summed E-state index contributed by atoms with van der Waals surface area (Å²) in [7, 11) is 0. The summed E-state index contributed by atoms with van der Waals surface area (Å²) in [6.45, 7) is 2.91. The normalized spacial score (nSPS) is 22.0. The molecule has 0 aliphatic heterocycles. The first-order valence-corrected chi connectivity index (χ1v) is 8.05. The van der Waals surface area contributed by atoms with E-state index in [2.05, 4.69) is 5.32 Å². The largest absolute Gasteiger partial charge is 0.466 e. The summed E-state index contributed by atoms with van der Waals surface area (Å²) in [4.78, 5) is 22.9. The molecule has 7 heteroatoms. The van der Waals surface area contributed by atoms with E-state index in [0.29, 0.717) is 19.2 Å². The van der Waals surface area contributed by atoms with Crippen molar-refractivity contribution in [1.29, 1.82) is 0 Å². The summed E-state index contributed by atoms with van der Waals surface area (Å²) in [6, 6.07) is 3.70. The van der Waals surface area contributed by atoms with Crippen LogP contribution < -0.4 is 5.32 Å². The number of carbonyl (C=O) groups is 1. The SMILES string of the molecule is CCOC(=O)C1CCC(NCc2ccc([N+](=O)[O-])s2)CC1. The predicted octanol–water partition coefficient (Wildman–Crippen LogP) is 2.87. The smallest absolute Gasteiger partial charge is 0.324 e. The molecule has 1 aromatic rings. The van der Waals surface area contributed by atoms with Crippen LogP contribution in [0.1, 0.15) is 37.5 Å². The van der Waals surface area contributed by atoms with Crippen molar-refractivity contribution >= 4 is 22.3 Å². The van der Waals surface area contributed by atoms with Gasteiger partial charge in [0.15, 0.2) is 0 Å². The van der Waals surface area contributed by atoms with Gasteiger partial charge in [-0.1, -0.05) is 11.3 Å². The molecule has 1 fully saturated rings. The number of nitro groups is 1. The lowest BCUT2D eigenvalue weighted by Gasteiger charge is -2.27. The standard InChI is InChI=1S/C14H20N2O4S/c1-2-20-14(17)10-3-5-11(6-4-10)15-9-12-7-8-13(21-12)16(18)19/h7-8,10-11,15H,2-6,9H2,1H3. The van der Waals surface area contributed by atoms with Gasteiger partial charge in [0.05, 0.1) is 17.4 Å². The molecule has 6 nitrogen and oxygen atoms in total. The van der Waals surface area contributed by atoms with E-state index in [4.69, 9.17) is 4.74 Å². The molecule has 1 saturated carbocycles. The molecule has 0 spiro atoms. The Balaban J connectivity index is 1.73. The molecule has 1 aromatic heterocycles. The first-order chi connectivity index (χ1) is 10.1. The molecule has 1 aliphatic rings. The average Bonchev–Trinajstić information content (AvgIpc) is 2.95. The van der Waals surface area contributed by atoms with Crippen molar-refractivity contribution in [1.82, 2.24) is 5.32 Å². The Morgan fingerprint density at radius 3 is 2.71 bits per heavy atom. The summed E-state index contributed by atoms with van der Waals surface area (Å²) in [5.41, 5.74) is 0. The van der Waals surface area contributed by atoms with Crippen molar-refractivity contribution in [3.8, 4) is 0 Å². The van der Waals surface area contributed by atoms with Crippen LogP contribution in [0.3, 0.4) is 0 Å². The molecule has 0 amide bonds. The lowest BCUT2D eigenvalue weighted by molar-refractivity contribution is -0.380. The lowest BCUT2D eigenvalue weighted by Crippen LogP contribution is -2.34. The highest BCUT2D eigenvalue weighted by molar-refractivity contribution is 7.15. The number of hydrogen-bond donors (Lipinski definition) is 1. The minimum absolute atomic E-state index is 0.0332. The first kappa shape index (κ1) is 15.9. The number of nitrogens with one attached hydrogen (secondary N) is 1. The number of ether oxygens (including phenoxy) is 1. The third-order valence-corrected chi connectivity index (χ3v) is 4.78. The van der Waals surface area contributed by atoms with Crippen LogP contribution in [0.25, 0.3) is 0 Å². The second-order valence-corrected chi connectivity index (χ2v) is 6.33. The van der Waals surface area contributed by atoms with Gasteiger partial charge in [-0.15, -0.1) is 0 Å². The summed E-state index contributed by atoms with van der Waals surface area (Å²) in [5, 5.41) is 14.2. The lowest BCUT2D eigenvalue weighted by atomic mass is 9.86. The third kappa shape index (κ3) is 4.50. The van der Waals surface area contributed by atoms with Gasteiger partial charge in [0.2, 0.25) is 0 Å². The maximum absolute atomic E-state index is 11.6. The molecule has 21 heavy (non-hydrogen) atoms. The van der Waals surface area contributed by atoms with Crippen LogP contribution in [-0.2, 0) is 16.1 Å². The Morgan fingerprint density at radius 2 is 2.14 bits per heavy atom. The van der Waals surface area contributed by atoms with E-state index in [1.165, 1.54) is 11.3 Å². The van der Waals surface area contributed by atoms with Crippen molar-refractivity contribution in [3.63, 3.8) is 0 Å². The molecule has 2 rings (SSSR count). The maximum atomic E-state index is 11.6. The van der Waals surface area contributed by atoms with E-state index in [0.717, 1.165) is 30.6 Å². The minimum Gasteiger partial charge on any atom is -0.466 e. The molecule has 0 bridgehead atoms. The van der Waals surface area contributed by atoms with E-state index < -0.39 is 0 Å². The minimum atomic E-state index is -0.362. The second-order valence-electron chi connectivity index (χ2n) is 5.18. The van der Waals surface area contributed by atoms with Crippen molar-refractivity contribution in [2.45, 2.75) is 45.2 Å². The van der Waals surface area contributed by atoms with Crippen LogP contribution in [0.2, 0.25) is 0 Å². The molecular formula is C14H20N2O4S. The Morgan fingerprint density at radius 1 is 1.43 bits per heavy atom. The van der Waals surface area contributed by atoms with Gasteiger partial charge in [-0.05, 0) is 38.7 Å². The highest BCUT2D eigenvalue weighted by atomic mass is 32.1. The Hall–Kier alpha value is -1.47. The molecule has 0 radical (unpaired) electrons. The number of esters is 1. The molecule has 0 aromatic carbocycles. The molecule has 1 aliphatic carbocycles. The quantitative estimate of drug-likeness (QED) is 0.496. The van der Waals surface area contributed by atoms with Gasteiger partial charge >= 0.3 is 11.0 Å². The Labute approximate surface area is 127 Å². The predicted molar refractivity (Wildman–Crippen MR) is 80.2 cm³/mol. The zero-order valence-electron chi connectivity index (χ0n) is 12.0. The number of nitrogens with zero attached hydrogens (tertiary/aromatic N) is 1. The van der Waals surface area contributed by atoms with Crippen LogP contribution in [0.5, 0.6) is 0 Å². The fourth-order valence-electron chi connectivity index (χ4n) is 2.60. The number of hydrogen-bond acceptors (Lipinski definition) is 6. The van der Waals surface area contributed by atoms with Crippen LogP contribution in [0.15, 0.2) is 12.1 Å². The molecule has 1 N–H and O–H groups in total. The van der Waals surface area contributed by atoms with E-state index >= 15 is 0 Å². The summed E-state index contributed by atoms with van der Waals surface area (Å²) in [5.74, 6) is -0.0457. The molecule has 0 saturated heterocycles. The van der Waals surface area contributed by atoms with Crippen LogP contribution in [0.4, 0.5) is 5.00 Å². The van der Waals surface area contributed by atoms with Gasteiger partial charge in [-0.2, -0.15) is 0 Å². The van der Waals surface area contributed by atoms with E-state index in [1.54, 1.807) is 12.1 Å². The third-order valence-electron chi connectivity index (χ3n) is 3.74. The number of thiophene rings is 1. The number of carbonyl (C=O) groups excluding carboxylic acids is 1. The van der Waals surface area contributed by atoms with Gasteiger partial charge in [0.1, 0.15) is 0 Å². The summed E-state index contributed by atoms with van der Waals surface area (Å²) in [6.07, 6.45) is 3.58. The van der Waals surface area contributed by atoms with Crippen molar-refractivity contribution < 1.29 is 14.5 Å². The second kappa shape index (κ2) is 7.51. The average molecular weight is 312 g/mol. The number of rotatable bonds is 6. The fraction of sp³-hybridized carbons (Fsp3) is 0.643. The fourth-order valence-corrected chi connectivity index (χ4v) is 3.37. The van der Waals surface area contributed by atoms with Gasteiger partial charge in [0, 0.05) is 23.5 Å². The van der Waals surface area contributed by atoms with Crippen molar-refractivity contribution in [3.05, 3.63) is 27.1 Å².